The van der Waals surface area contributed by atoms with E-state index in [-0.39, 0.29) is 11.6 Å². The molecule has 1 saturated heterocycles. The Morgan fingerprint density at radius 2 is 2.00 bits per heavy atom. The van der Waals surface area contributed by atoms with Crippen molar-refractivity contribution in [3.63, 3.8) is 0 Å². The summed E-state index contributed by atoms with van der Waals surface area (Å²) in [5, 5.41) is 9.35. The third-order valence-corrected chi connectivity index (χ3v) is 6.11. The van der Waals surface area contributed by atoms with Crippen LogP contribution in [0.2, 0.25) is 0 Å². The molecular formula is C23H27NO6. The Morgan fingerprint density at radius 3 is 2.67 bits per heavy atom. The maximum absolute atomic E-state index is 12.4. The van der Waals surface area contributed by atoms with Crippen molar-refractivity contribution in [2.75, 3.05) is 26.9 Å². The van der Waals surface area contributed by atoms with E-state index in [0.717, 1.165) is 50.0 Å². The second-order valence-electron chi connectivity index (χ2n) is 7.94. The molecule has 0 amide bonds. The number of aromatic carboxylic acids is 1. The highest BCUT2D eigenvalue weighted by Gasteiger charge is 2.27. The SMILES string of the molecule is CC[C@@H]1Cc2cc(OCC3CCOCC3)c(OC)cc2-c2cc(=O)c(C(=O)O)cn21. The molecule has 0 radical (unpaired) electrons. The predicted molar refractivity (Wildman–Crippen MR) is 112 cm³/mol. The fraction of sp³-hybridized carbons (Fsp3) is 0.478. The van der Waals surface area contributed by atoms with Crippen molar-refractivity contribution < 1.29 is 24.1 Å². The van der Waals surface area contributed by atoms with Gasteiger partial charge in [0.25, 0.3) is 0 Å². The van der Waals surface area contributed by atoms with Crippen molar-refractivity contribution in [3.8, 4) is 22.8 Å². The lowest BCUT2D eigenvalue weighted by Crippen LogP contribution is -2.25. The first-order chi connectivity index (χ1) is 14.5. The number of carbonyl (C=O) groups is 1. The number of nitrogens with zero attached hydrogens (tertiary/aromatic N) is 1. The second-order valence-corrected chi connectivity index (χ2v) is 7.94. The van der Waals surface area contributed by atoms with Crippen LogP contribution in [0.1, 0.15) is 48.1 Å². The van der Waals surface area contributed by atoms with Crippen molar-refractivity contribution in [1.82, 2.24) is 4.57 Å². The molecule has 30 heavy (non-hydrogen) atoms. The molecule has 0 unspecified atom stereocenters. The molecule has 0 spiro atoms. The summed E-state index contributed by atoms with van der Waals surface area (Å²) in [6, 6.07) is 5.40. The number of rotatable bonds is 6. The van der Waals surface area contributed by atoms with Crippen molar-refractivity contribution in [1.29, 1.82) is 0 Å². The van der Waals surface area contributed by atoms with Gasteiger partial charge in [-0.15, -0.1) is 0 Å². The average molecular weight is 413 g/mol. The van der Waals surface area contributed by atoms with Gasteiger partial charge in [-0.05, 0) is 49.3 Å². The number of carboxylic acids is 1. The van der Waals surface area contributed by atoms with Gasteiger partial charge in [0.05, 0.1) is 19.4 Å². The first-order valence-electron chi connectivity index (χ1n) is 10.4. The third-order valence-electron chi connectivity index (χ3n) is 6.11. The molecular weight excluding hydrogens is 386 g/mol. The summed E-state index contributed by atoms with van der Waals surface area (Å²) in [7, 11) is 1.60. The fourth-order valence-corrected chi connectivity index (χ4v) is 4.32. The quantitative estimate of drug-likeness (QED) is 0.780. The van der Waals surface area contributed by atoms with Crippen LogP contribution in [0.3, 0.4) is 0 Å². The number of pyridine rings is 1. The Hall–Kier alpha value is -2.80. The van der Waals surface area contributed by atoms with E-state index in [0.29, 0.717) is 29.7 Å². The molecule has 0 saturated carbocycles. The number of ether oxygens (including phenoxy) is 3. The molecule has 4 rings (SSSR count). The molecule has 0 bridgehead atoms. The van der Waals surface area contributed by atoms with Crippen molar-refractivity contribution in [2.24, 2.45) is 5.92 Å². The summed E-state index contributed by atoms with van der Waals surface area (Å²) in [6.45, 7) is 4.23. The largest absolute Gasteiger partial charge is 0.493 e. The van der Waals surface area contributed by atoms with Gasteiger partial charge in [-0.3, -0.25) is 4.79 Å². The van der Waals surface area contributed by atoms with E-state index in [1.807, 2.05) is 16.7 Å². The lowest BCUT2D eigenvalue weighted by Gasteiger charge is -2.31. The van der Waals surface area contributed by atoms with Gasteiger partial charge in [-0.25, -0.2) is 4.79 Å². The molecule has 1 aromatic heterocycles. The van der Waals surface area contributed by atoms with Crippen LogP contribution in [-0.4, -0.2) is 42.6 Å². The topological polar surface area (TPSA) is 87.0 Å². The molecule has 2 aliphatic heterocycles. The minimum atomic E-state index is -1.20. The summed E-state index contributed by atoms with van der Waals surface area (Å²) in [5.74, 6) is 0.578. The van der Waals surface area contributed by atoms with Crippen LogP contribution in [0.5, 0.6) is 11.5 Å². The zero-order chi connectivity index (χ0) is 21.3. The van der Waals surface area contributed by atoms with Gasteiger partial charge in [0.1, 0.15) is 5.56 Å². The molecule has 1 atom stereocenters. The number of benzene rings is 1. The number of hydrogen-bond acceptors (Lipinski definition) is 5. The van der Waals surface area contributed by atoms with E-state index in [2.05, 4.69) is 6.92 Å². The van der Waals surface area contributed by atoms with E-state index in [1.54, 1.807) is 7.11 Å². The number of methoxy groups -OCH3 is 1. The monoisotopic (exact) mass is 413 g/mol. The van der Waals surface area contributed by atoms with Crippen LogP contribution in [0, 0.1) is 5.92 Å². The fourth-order valence-electron chi connectivity index (χ4n) is 4.32. The number of aromatic nitrogens is 1. The lowest BCUT2D eigenvalue weighted by molar-refractivity contribution is 0.0493. The molecule has 160 valence electrons. The molecule has 1 N–H and O–H groups in total. The highest BCUT2D eigenvalue weighted by atomic mass is 16.5. The van der Waals surface area contributed by atoms with E-state index in [1.165, 1.54) is 12.3 Å². The maximum atomic E-state index is 12.4. The van der Waals surface area contributed by atoms with Crippen LogP contribution < -0.4 is 14.9 Å². The van der Waals surface area contributed by atoms with Gasteiger partial charge in [-0.1, -0.05) is 6.92 Å². The minimum Gasteiger partial charge on any atom is -0.493 e. The Morgan fingerprint density at radius 1 is 1.23 bits per heavy atom. The Labute approximate surface area is 175 Å². The molecule has 7 nitrogen and oxygen atoms in total. The third kappa shape index (κ3) is 3.81. The van der Waals surface area contributed by atoms with Crippen molar-refractivity contribution in [2.45, 2.75) is 38.6 Å². The van der Waals surface area contributed by atoms with Crippen LogP contribution >= 0.6 is 0 Å². The minimum absolute atomic E-state index is 0.0722. The van der Waals surface area contributed by atoms with Gasteiger partial charge in [-0.2, -0.15) is 0 Å². The standard InChI is InChI=1S/C23H27NO6/c1-3-16-8-15-9-22(30-13-14-4-6-29-7-5-14)21(28-2)10-17(15)19-11-20(25)18(23(26)27)12-24(16)19/h9-12,14,16H,3-8,13H2,1-2H3,(H,26,27)/t16-/m1/s1. The molecule has 1 aromatic carbocycles. The zero-order valence-electron chi connectivity index (χ0n) is 17.3. The van der Waals surface area contributed by atoms with Crippen LogP contribution in [-0.2, 0) is 11.2 Å². The van der Waals surface area contributed by atoms with Gasteiger partial charge in [0, 0.05) is 37.1 Å². The highest BCUT2D eigenvalue weighted by molar-refractivity contribution is 5.87. The average Bonchev–Trinajstić information content (AvgIpc) is 2.76. The summed E-state index contributed by atoms with van der Waals surface area (Å²) >= 11 is 0. The number of carboxylic acid groups (broad SMARTS) is 1. The van der Waals surface area contributed by atoms with Gasteiger partial charge in [0.2, 0.25) is 0 Å². The van der Waals surface area contributed by atoms with Crippen molar-refractivity contribution >= 4 is 5.97 Å². The van der Waals surface area contributed by atoms with Gasteiger partial charge >= 0.3 is 5.97 Å². The zero-order valence-corrected chi connectivity index (χ0v) is 17.3. The van der Waals surface area contributed by atoms with Crippen LogP contribution in [0.25, 0.3) is 11.3 Å². The van der Waals surface area contributed by atoms with Crippen LogP contribution in [0.15, 0.2) is 29.2 Å². The summed E-state index contributed by atoms with van der Waals surface area (Å²) in [4.78, 5) is 23.8. The smallest absolute Gasteiger partial charge is 0.341 e. The Balaban J connectivity index is 1.72. The van der Waals surface area contributed by atoms with Gasteiger partial charge in [0.15, 0.2) is 16.9 Å². The van der Waals surface area contributed by atoms with E-state index in [4.69, 9.17) is 14.2 Å². The predicted octanol–water partition coefficient (Wildman–Crippen LogP) is 3.53. The Kier molecular flexibility index (Phi) is 5.81. The van der Waals surface area contributed by atoms with E-state index in [9.17, 15) is 14.7 Å². The van der Waals surface area contributed by atoms with Crippen LogP contribution in [0.4, 0.5) is 0 Å². The van der Waals surface area contributed by atoms with Gasteiger partial charge < -0.3 is 23.9 Å². The molecule has 2 aliphatic rings. The first kappa shape index (κ1) is 20.5. The summed E-state index contributed by atoms with van der Waals surface area (Å²) in [6.07, 6.45) is 5.01. The second kappa shape index (κ2) is 8.52. The van der Waals surface area contributed by atoms with E-state index >= 15 is 0 Å². The molecule has 3 heterocycles. The molecule has 0 aliphatic carbocycles. The normalized spacial score (nSPS) is 18.4. The highest BCUT2D eigenvalue weighted by Crippen LogP contribution is 2.42. The summed E-state index contributed by atoms with van der Waals surface area (Å²) < 4.78 is 19.0. The van der Waals surface area contributed by atoms with Crippen molar-refractivity contribution in [3.05, 3.63) is 45.7 Å². The first-order valence-corrected chi connectivity index (χ1v) is 10.4. The number of fused-ring (bicyclic) bond motifs is 3. The van der Waals surface area contributed by atoms with E-state index < -0.39 is 11.4 Å². The Bertz CT molecular complexity index is 1010. The maximum Gasteiger partial charge on any atom is 0.341 e. The molecule has 1 fully saturated rings. The number of hydrogen-bond donors (Lipinski definition) is 1. The lowest BCUT2D eigenvalue weighted by atomic mass is 9.90. The molecule has 2 aromatic rings. The molecule has 7 heteroatoms. The summed E-state index contributed by atoms with van der Waals surface area (Å²) in [5.41, 5.74) is 1.97.